The second-order valence-corrected chi connectivity index (χ2v) is 7.14. The van der Waals surface area contributed by atoms with Crippen molar-refractivity contribution in [3.05, 3.63) is 83.6 Å². The molecule has 8 heteroatoms. The highest BCUT2D eigenvalue weighted by Crippen LogP contribution is 2.26. The number of benzene rings is 1. The second-order valence-electron chi connectivity index (χ2n) is 6.36. The van der Waals surface area contributed by atoms with Gasteiger partial charge in [-0.15, -0.1) is 0 Å². The molecule has 0 saturated carbocycles. The Morgan fingerprint density at radius 3 is 2.62 bits per heavy atom. The van der Waals surface area contributed by atoms with Crippen LogP contribution in [0.2, 0.25) is 0 Å². The van der Waals surface area contributed by atoms with E-state index in [2.05, 4.69) is 43.1 Å². The van der Waals surface area contributed by atoms with Gasteiger partial charge in [-0.05, 0) is 29.1 Å². The Morgan fingerprint density at radius 2 is 1.83 bits per heavy atom. The Kier molecular flexibility index (Phi) is 4.59. The lowest BCUT2D eigenvalue weighted by Gasteiger charge is -2.10. The molecule has 0 aliphatic heterocycles. The third-order valence-corrected chi connectivity index (χ3v) is 5.09. The summed E-state index contributed by atoms with van der Waals surface area (Å²) in [6.07, 6.45) is 5.24. The molecule has 0 radical (unpaired) electrons. The molecule has 0 fully saturated rings. The summed E-state index contributed by atoms with van der Waals surface area (Å²) >= 11 is 1.63. The molecule has 2 N–H and O–H groups in total. The smallest absolute Gasteiger partial charge is 0.231 e. The number of hydrogen-bond donors (Lipinski definition) is 2. The van der Waals surface area contributed by atoms with E-state index < -0.39 is 0 Å². The van der Waals surface area contributed by atoms with Crippen molar-refractivity contribution in [1.82, 2.24) is 24.5 Å². The average Bonchev–Trinajstić information content (AvgIpc) is 3.43. The Bertz CT molecular complexity index is 1220. The standard InChI is InChI=1S/C21H17N7S/c1-2-4-15(5-3-1)12-23-19-18-20(28(14-24-18)17-8-11-29-13-17)27-21(26-19)25-16-6-9-22-10-7-16/h1-11,13-14H,12H2,(H2,22,23,25,26,27). The molecular weight excluding hydrogens is 382 g/mol. The van der Waals surface area contributed by atoms with Gasteiger partial charge in [0.05, 0.1) is 5.69 Å². The number of aromatic nitrogens is 5. The van der Waals surface area contributed by atoms with Gasteiger partial charge >= 0.3 is 0 Å². The van der Waals surface area contributed by atoms with E-state index in [1.54, 1.807) is 30.1 Å². The Labute approximate surface area is 171 Å². The van der Waals surface area contributed by atoms with Gasteiger partial charge < -0.3 is 10.6 Å². The van der Waals surface area contributed by atoms with E-state index in [1.165, 1.54) is 5.56 Å². The summed E-state index contributed by atoms with van der Waals surface area (Å²) < 4.78 is 1.97. The lowest BCUT2D eigenvalue weighted by Crippen LogP contribution is -2.06. The Balaban J connectivity index is 1.56. The van der Waals surface area contributed by atoms with Crippen LogP contribution in [0.25, 0.3) is 16.9 Å². The maximum absolute atomic E-state index is 4.72. The summed E-state index contributed by atoms with van der Waals surface area (Å²) in [5.41, 5.74) is 4.54. The number of pyridine rings is 1. The normalized spacial score (nSPS) is 10.9. The number of hydrogen-bond acceptors (Lipinski definition) is 7. The molecule has 142 valence electrons. The largest absolute Gasteiger partial charge is 0.364 e. The van der Waals surface area contributed by atoms with Crippen LogP contribution in [0.1, 0.15) is 5.56 Å². The summed E-state index contributed by atoms with van der Waals surface area (Å²) in [4.78, 5) is 18.0. The minimum atomic E-state index is 0.497. The number of imidazole rings is 1. The third-order valence-electron chi connectivity index (χ3n) is 4.42. The molecule has 0 amide bonds. The van der Waals surface area contributed by atoms with Crippen LogP contribution >= 0.6 is 11.3 Å². The molecule has 4 aromatic heterocycles. The predicted molar refractivity (Wildman–Crippen MR) is 116 cm³/mol. The lowest BCUT2D eigenvalue weighted by molar-refractivity contribution is 1.06. The highest BCUT2D eigenvalue weighted by Gasteiger charge is 2.15. The van der Waals surface area contributed by atoms with E-state index in [4.69, 9.17) is 4.98 Å². The summed E-state index contributed by atoms with van der Waals surface area (Å²) in [7, 11) is 0. The van der Waals surface area contributed by atoms with Gasteiger partial charge in [-0.1, -0.05) is 30.3 Å². The predicted octanol–water partition coefficient (Wildman–Crippen LogP) is 4.63. The van der Waals surface area contributed by atoms with Gasteiger partial charge in [0.2, 0.25) is 5.95 Å². The summed E-state index contributed by atoms with van der Waals surface area (Å²) in [6.45, 7) is 0.646. The maximum Gasteiger partial charge on any atom is 0.231 e. The maximum atomic E-state index is 4.72. The van der Waals surface area contributed by atoms with Crippen LogP contribution in [0.3, 0.4) is 0 Å². The minimum Gasteiger partial charge on any atom is -0.364 e. The van der Waals surface area contributed by atoms with Crippen LogP contribution in [-0.4, -0.2) is 24.5 Å². The summed E-state index contributed by atoms with van der Waals surface area (Å²) in [6, 6.07) is 16.0. The fourth-order valence-corrected chi connectivity index (χ4v) is 3.64. The van der Waals surface area contributed by atoms with Crippen LogP contribution in [0.15, 0.2) is 78.0 Å². The van der Waals surface area contributed by atoms with Crippen molar-refractivity contribution in [2.24, 2.45) is 0 Å². The topological polar surface area (TPSA) is 80.6 Å². The molecule has 0 aliphatic carbocycles. The number of nitrogens with one attached hydrogen (secondary N) is 2. The van der Waals surface area contributed by atoms with Crippen LogP contribution in [-0.2, 0) is 6.54 Å². The molecule has 5 aromatic rings. The monoisotopic (exact) mass is 399 g/mol. The van der Waals surface area contributed by atoms with Crippen LogP contribution in [0.4, 0.5) is 17.5 Å². The molecular formula is C21H17N7S. The van der Waals surface area contributed by atoms with Crippen molar-refractivity contribution in [3.63, 3.8) is 0 Å². The minimum absolute atomic E-state index is 0.497. The summed E-state index contributed by atoms with van der Waals surface area (Å²) in [5, 5.41) is 10.8. The van der Waals surface area contributed by atoms with Crippen molar-refractivity contribution >= 4 is 40.0 Å². The molecule has 1 aromatic carbocycles. The van der Waals surface area contributed by atoms with Gasteiger partial charge in [0.1, 0.15) is 6.33 Å². The van der Waals surface area contributed by atoms with Crippen molar-refractivity contribution in [3.8, 4) is 5.69 Å². The quantitative estimate of drug-likeness (QED) is 0.433. The Hall–Kier alpha value is -3.78. The molecule has 0 atom stereocenters. The molecule has 29 heavy (non-hydrogen) atoms. The molecule has 0 unspecified atom stereocenters. The van der Waals surface area contributed by atoms with Crippen LogP contribution in [0, 0.1) is 0 Å². The van der Waals surface area contributed by atoms with E-state index >= 15 is 0 Å². The number of rotatable bonds is 6. The Morgan fingerprint density at radius 1 is 0.966 bits per heavy atom. The molecule has 5 rings (SSSR count). The van der Waals surface area contributed by atoms with Gasteiger partial charge in [0, 0.05) is 30.0 Å². The molecule has 0 bridgehead atoms. The van der Waals surface area contributed by atoms with Gasteiger partial charge in [-0.25, -0.2) is 4.98 Å². The van der Waals surface area contributed by atoms with Gasteiger partial charge in [0.25, 0.3) is 0 Å². The second kappa shape index (κ2) is 7.69. The van der Waals surface area contributed by atoms with Crippen LogP contribution < -0.4 is 10.6 Å². The van der Waals surface area contributed by atoms with Crippen molar-refractivity contribution in [2.75, 3.05) is 10.6 Å². The number of fused-ring (bicyclic) bond motifs is 1. The fourth-order valence-electron chi connectivity index (χ4n) is 3.01. The lowest BCUT2D eigenvalue weighted by atomic mass is 10.2. The first-order chi connectivity index (χ1) is 14.4. The highest BCUT2D eigenvalue weighted by atomic mass is 32.1. The van der Waals surface area contributed by atoms with E-state index in [9.17, 15) is 0 Å². The van der Waals surface area contributed by atoms with Crippen molar-refractivity contribution < 1.29 is 0 Å². The first kappa shape index (κ1) is 17.3. The number of thiophene rings is 1. The highest BCUT2D eigenvalue weighted by molar-refractivity contribution is 7.08. The zero-order chi connectivity index (χ0) is 19.5. The van der Waals surface area contributed by atoms with E-state index in [1.807, 2.05) is 46.3 Å². The first-order valence-electron chi connectivity index (χ1n) is 9.09. The first-order valence-corrected chi connectivity index (χ1v) is 10.0. The number of anilines is 3. The molecule has 0 spiro atoms. The average molecular weight is 399 g/mol. The van der Waals surface area contributed by atoms with Crippen molar-refractivity contribution in [1.29, 1.82) is 0 Å². The van der Waals surface area contributed by atoms with Gasteiger partial charge in [-0.2, -0.15) is 21.3 Å². The van der Waals surface area contributed by atoms with Gasteiger partial charge in [-0.3, -0.25) is 9.55 Å². The third kappa shape index (κ3) is 3.65. The zero-order valence-electron chi connectivity index (χ0n) is 15.4. The van der Waals surface area contributed by atoms with Crippen LogP contribution in [0.5, 0.6) is 0 Å². The fraction of sp³-hybridized carbons (Fsp3) is 0.0476. The zero-order valence-corrected chi connectivity index (χ0v) is 16.2. The van der Waals surface area contributed by atoms with Crippen molar-refractivity contribution in [2.45, 2.75) is 6.54 Å². The van der Waals surface area contributed by atoms with E-state index in [0.717, 1.165) is 22.5 Å². The molecule has 0 saturated heterocycles. The summed E-state index contributed by atoms with van der Waals surface area (Å²) in [5.74, 6) is 1.18. The molecule has 4 heterocycles. The SMILES string of the molecule is c1ccc(CNc2nc(Nc3ccncc3)nc3c2ncn3-c2ccsc2)cc1. The van der Waals surface area contributed by atoms with E-state index in [0.29, 0.717) is 18.3 Å². The van der Waals surface area contributed by atoms with E-state index in [-0.39, 0.29) is 0 Å². The molecule has 0 aliphatic rings. The van der Waals surface area contributed by atoms with Gasteiger partial charge in [0.15, 0.2) is 17.0 Å². The number of nitrogens with zero attached hydrogens (tertiary/aromatic N) is 5. The molecule has 7 nitrogen and oxygen atoms in total.